The Morgan fingerprint density at radius 3 is 1.21 bits per heavy atom. The Bertz CT molecular complexity index is 642. The van der Waals surface area contributed by atoms with Crippen molar-refractivity contribution in [3.63, 3.8) is 0 Å². The largest absolute Gasteiger partial charge is 1.00 e. The molecule has 1 aliphatic heterocycles. The molecule has 0 N–H and O–H groups in total. The van der Waals surface area contributed by atoms with Gasteiger partial charge in [-0.25, -0.2) is 0 Å². The van der Waals surface area contributed by atoms with Gasteiger partial charge in [-0.05, 0) is 63.8 Å². The number of aryl methyl sites for hydroxylation is 6. The van der Waals surface area contributed by atoms with Crippen LogP contribution >= 0.6 is 0 Å². The molecule has 24 heavy (non-hydrogen) atoms. The first-order valence-electron chi connectivity index (χ1n) is 8.34. The maximum atomic E-state index is 3.59. The van der Waals surface area contributed by atoms with Gasteiger partial charge in [0.25, 0.3) is 0 Å². The number of nitrogens with zero attached hydrogens (tertiary/aromatic N) is 2. The number of halogens is 1. The lowest BCUT2D eigenvalue weighted by Crippen LogP contribution is -3.00. The highest BCUT2D eigenvalue weighted by Gasteiger charge is 2.40. The molecular formula is C21H26ClN2. The summed E-state index contributed by atoms with van der Waals surface area (Å²) in [4.78, 5) is 4.56. The van der Waals surface area contributed by atoms with Crippen molar-refractivity contribution in [1.82, 2.24) is 0 Å². The van der Waals surface area contributed by atoms with E-state index in [1.807, 2.05) is 0 Å². The maximum Gasteiger partial charge on any atom is 0.565 e. The molecule has 0 atom stereocenters. The number of hydrogen-bond acceptors (Lipinski definition) is 2. The SMILES string of the molecule is Cc1cc(C)c(N2[C+]N(c3c(C)cc(C)cc3C)CC2)c(C)c1.[Cl-]. The van der Waals surface area contributed by atoms with E-state index < -0.39 is 0 Å². The highest BCUT2D eigenvalue weighted by molar-refractivity contribution is 5.68. The lowest BCUT2D eigenvalue weighted by atomic mass is 10.0. The van der Waals surface area contributed by atoms with E-state index in [0.29, 0.717) is 0 Å². The fraction of sp³-hybridized carbons (Fsp3) is 0.381. The van der Waals surface area contributed by atoms with Gasteiger partial charge in [0.1, 0.15) is 0 Å². The van der Waals surface area contributed by atoms with Gasteiger partial charge in [-0.2, -0.15) is 0 Å². The minimum Gasteiger partial charge on any atom is -1.00 e. The minimum absolute atomic E-state index is 0. The number of benzene rings is 2. The summed E-state index contributed by atoms with van der Waals surface area (Å²) in [5.74, 6) is 0. The predicted molar refractivity (Wildman–Crippen MR) is 99.2 cm³/mol. The van der Waals surface area contributed by atoms with Gasteiger partial charge in [0.05, 0.1) is 24.5 Å². The molecule has 0 aromatic heterocycles. The molecular weight excluding hydrogens is 316 g/mol. The highest BCUT2D eigenvalue weighted by Crippen LogP contribution is 2.34. The zero-order chi connectivity index (χ0) is 16.7. The quantitative estimate of drug-likeness (QED) is 0.769. The third-order valence-corrected chi connectivity index (χ3v) is 4.60. The summed E-state index contributed by atoms with van der Waals surface area (Å²) < 4.78 is 0. The molecule has 0 unspecified atom stereocenters. The molecule has 127 valence electrons. The zero-order valence-electron chi connectivity index (χ0n) is 15.5. The number of anilines is 2. The van der Waals surface area contributed by atoms with Crippen molar-refractivity contribution < 1.29 is 12.4 Å². The zero-order valence-corrected chi connectivity index (χ0v) is 16.3. The first-order chi connectivity index (χ1) is 10.9. The van der Waals surface area contributed by atoms with E-state index >= 15 is 0 Å². The first kappa shape index (κ1) is 18.5. The van der Waals surface area contributed by atoms with E-state index in [1.165, 1.54) is 44.8 Å². The Kier molecular flexibility index (Phi) is 5.39. The number of rotatable bonds is 2. The Labute approximate surface area is 152 Å². The molecule has 0 bridgehead atoms. The molecule has 2 aromatic rings. The van der Waals surface area contributed by atoms with E-state index in [0.717, 1.165) is 13.1 Å². The van der Waals surface area contributed by atoms with Crippen LogP contribution in [0.1, 0.15) is 33.4 Å². The van der Waals surface area contributed by atoms with Gasteiger partial charge in [-0.1, -0.05) is 35.4 Å². The van der Waals surface area contributed by atoms with Crippen LogP contribution in [0, 0.1) is 48.2 Å². The Hall–Kier alpha value is -1.80. The van der Waals surface area contributed by atoms with Crippen molar-refractivity contribution in [3.8, 4) is 0 Å². The van der Waals surface area contributed by atoms with Gasteiger partial charge in [0, 0.05) is 0 Å². The van der Waals surface area contributed by atoms with E-state index in [9.17, 15) is 0 Å². The molecule has 3 heteroatoms. The van der Waals surface area contributed by atoms with Crippen LogP contribution in [0.5, 0.6) is 0 Å². The Morgan fingerprint density at radius 1 is 0.625 bits per heavy atom. The predicted octanol–water partition coefficient (Wildman–Crippen LogP) is 1.86. The van der Waals surface area contributed by atoms with Crippen molar-refractivity contribution in [1.29, 1.82) is 0 Å². The summed E-state index contributed by atoms with van der Waals surface area (Å²) >= 11 is 0. The van der Waals surface area contributed by atoms with Gasteiger partial charge in [0.2, 0.25) is 0 Å². The molecule has 0 saturated carbocycles. The smallest absolute Gasteiger partial charge is 0.565 e. The maximum absolute atomic E-state index is 3.59. The monoisotopic (exact) mass is 341 g/mol. The highest BCUT2D eigenvalue weighted by atomic mass is 35.5. The van der Waals surface area contributed by atoms with Crippen molar-refractivity contribution in [2.75, 3.05) is 22.9 Å². The van der Waals surface area contributed by atoms with Crippen molar-refractivity contribution >= 4 is 11.4 Å². The van der Waals surface area contributed by atoms with Crippen LogP contribution in [0.3, 0.4) is 0 Å². The average Bonchev–Trinajstić information content (AvgIpc) is 2.85. The molecule has 3 rings (SSSR count). The molecule has 2 aromatic carbocycles. The molecule has 0 spiro atoms. The summed E-state index contributed by atoms with van der Waals surface area (Å²) in [6.07, 6.45) is 0. The van der Waals surface area contributed by atoms with Crippen LogP contribution in [0.4, 0.5) is 11.4 Å². The molecule has 0 aliphatic carbocycles. The van der Waals surface area contributed by atoms with Gasteiger partial charge >= 0.3 is 6.67 Å². The molecule has 1 saturated heterocycles. The summed E-state index contributed by atoms with van der Waals surface area (Å²) in [6, 6.07) is 9.04. The van der Waals surface area contributed by atoms with Crippen LogP contribution < -0.4 is 22.2 Å². The fourth-order valence-electron chi connectivity index (χ4n) is 3.97. The molecule has 0 amide bonds. The fourth-order valence-corrected chi connectivity index (χ4v) is 3.97. The lowest BCUT2D eigenvalue weighted by Gasteiger charge is -2.14. The molecule has 1 fully saturated rings. The minimum atomic E-state index is 0. The van der Waals surface area contributed by atoms with E-state index in [1.54, 1.807) is 0 Å². The second-order valence-corrected chi connectivity index (χ2v) is 6.90. The van der Waals surface area contributed by atoms with E-state index in [2.05, 4.69) is 82.3 Å². The van der Waals surface area contributed by atoms with E-state index in [-0.39, 0.29) is 12.4 Å². The summed E-state index contributed by atoms with van der Waals surface area (Å²) in [5.41, 5.74) is 10.6. The molecule has 1 aliphatic rings. The number of hydrogen-bond donors (Lipinski definition) is 0. The van der Waals surface area contributed by atoms with Gasteiger partial charge in [-0.15, -0.1) is 9.80 Å². The van der Waals surface area contributed by atoms with Crippen LogP contribution in [0.2, 0.25) is 0 Å². The van der Waals surface area contributed by atoms with Gasteiger partial charge < -0.3 is 12.4 Å². The van der Waals surface area contributed by atoms with Gasteiger partial charge in [-0.3, -0.25) is 0 Å². The topological polar surface area (TPSA) is 6.48 Å². The molecule has 1 heterocycles. The van der Waals surface area contributed by atoms with Gasteiger partial charge in [0.15, 0.2) is 0 Å². The van der Waals surface area contributed by atoms with Crippen molar-refractivity contribution in [3.05, 3.63) is 64.3 Å². The standard InChI is InChI=1S/C21H26N2.ClH/c1-14-9-16(3)20(17(4)10-14)22-7-8-23(13-22)21-18(5)11-15(2)12-19(21)6;/h9-12H,7-8H2,1-6H3;1H/q+1;/p-1. The van der Waals surface area contributed by atoms with Crippen LogP contribution in [0.25, 0.3) is 0 Å². The van der Waals surface area contributed by atoms with Crippen LogP contribution in [0.15, 0.2) is 24.3 Å². The summed E-state index contributed by atoms with van der Waals surface area (Å²) in [7, 11) is 0. The molecule has 2 nitrogen and oxygen atoms in total. The second kappa shape index (κ2) is 6.98. The first-order valence-corrected chi connectivity index (χ1v) is 8.34. The van der Waals surface area contributed by atoms with Crippen LogP contribution in [-0.2, 0) is 0 Å². The van der Waals surface area contributed by atoms with Crippen molar-refractivity contribution in [2.24, 2.45) is 0 Å². The third kappa shape index (κ3) is 3.34. The summed E-state index contributed by atoms with van der Waals surface area (Å²) in [6.45, 7) is 18.7. The van der Waals surface area contributed by atoms with E-state index in [4.69, 9.17) is 0 Å². The lowest BCUT2D eigenvalue weighted by molar-refractivity contribution is -0.00000504. The second-order valence-electron chi connectivity index (χ2n) is 6.90. The van der Waals surface area contributed by atoms with Crippen molar-refractivity contribution in [2.45, 2.75) is 41.5 Å². The average molecular weight is 342 g/mol. The molecule has 1 radical (unpaired) electrons. The summed E-state index contributed by atoms with van der Waals surface area (Å²) in [5, 5.41) is 0. The normalized spacial score (nSPS) is 13.8. The Morgan fingerprint density at radius 2 is 0.917 bits per heavy atom. The third-order valence-electron chi connectivity index (χ3n) is 4.60. The van der Waals surface area contributed by atoms with Crippen LogP contribution in [-0.4, -0.2) is 13.1 Å². The Balaban J connectivity index is 0.00000208.